The first-order valence-electron chi connectivity index (χ1n) is 5.39. The van der Waals surface area contributed by atoms with Gasteiger partial charge in [0.2, 0.25) is 0 Å². The van der Waals surface area contributed by atoms with Crippen LogP contribution >= 0.6 is 23.2 Å². The molecule has 1 atom stereocenters. The number of nitriles is 1. The Bertz CT molecular complexity index is 436. The van der Waals surface area contributed by atoms with E-state index < -0.39 is 10.1 Å². The lowest BCUT2D eigenvalue weighted by Crippen LogP contribution is -2.18. The molecule has 0 aliphatic carbocycles. The fourth-order valence-corrected chi connectivity index (χ4v) is 1.68. The highest BCUT2D eigenvalue weighted by Crippen LogP contribution is 2.25. The molecule has 0 N–H and O–H groups in total. The standard InChI is InChI=1S/C13H13Cl2NO/c1-2-13(15,9-16)8-7-10-3-5-11(6-4-10)12(14)17/h3-6H,2,7-8H2,1H3. The molecule has 0 amide bonds. The highest BCUT2D eigenvalue weighted by Gasteiger charge is 2.23. The fourth-order valence-electron chi connectivity index (χ4n) is 1.46. The zero-order valence-electron chi connectivity index (χ0n) is 9.54. The van der Waals surface area contributed by atoms with Crippen LogP contribution in [0.3, 0.4) is 0 Å². The lowest BCUT2D eigenvalue weighted by Gasteiger charge is -2.16. The van der Waals surface area contributed by atoms with Gasteiger partial charge in [0.05, 0.1) is 6.07 Å². The number of carbonyl (C=O) groups excluding carboxylic acids is 1. The molecule has 0 heterocycles. The van der Waals surface area contributed by atoms with Crippen molar-refractivity contribution < 1.29 is 4.79 Å². The van der Waals surface area contributed by atoms with E-state index in [1.54, 1.807) is 12.1 Å². The number of alkyl halides is 1. The van der Waals surface area contributed by atoms with Gasteiger partial charge in [-0.3, -0.25) is 4.79 Å². The van der Waals surface area contributed by atoms with E-state index in [1.807, 2.05) is 19.1 Å². The Morgan fingerprint density at radius 1 is 1.41 bits per heavy atom. The maximum absolute atomic E-state index is 10.9. The fraction of sp³-hybridized carbons (Fsp3) is 0.385. The Kier molecular flexibility index (Phi) is 4.99. The molecule has 0 spiro atoms. The summed E-state index contributed by atoms with van der Waals surface area (Å²) in [5, 5.41) is 8.47. The molecule has 0 fully saturated rings. The molecule has 0 radical (unpaired) electrons. The molecular weight excluding hydrogens is 257 g/mol. The molecule has 90 valence electrons. The summed E-state index contributed by atoms with van der Waals surface area (Å²) in [6, 6.07) is 9.14. The first-order valence-corrected chi connectivity index (χ1v) is 6.15. The summed E-state index contributed by atoms with van der Waals surface area (Å²) in [6.45, 7) is 1.89. The number of hydrogen-bond acceptors (Lipinski definition) is 2. The Hall–Kier alpha value is -1.04. The summed E-state index contributed by atoms with van der Waals surface area (Å²) in [4.78, 5) is 10.1. The zero-order valence-corrected chi connectivity index (χ0v) is 11.1. The minimum Gasteiger partial charge on any atom is -0.276 e. The second-order valence-corrected chi connectivity index (χ2v) is 4.97. The number of halogens is 2. The summed E-state index contributed by atoms with van der Waals surface area (Å²) >= 11 is 11.5. The van der Waals surface area contributed by atoms with Crippen LogP contribution in [0.1, 0.15) is 35.7 Å². The van der Waals surface area contributed by atoms with Crippen LogP contribution in [0.25, 0.3) is 0 Å². The van der Waals surface area contributed by atoms with Crippen LogP contribution in [0, 0.1) is 11.3 Å². The van der Waals surface area contributed by atoms with Crippen molar-refractivity contribution in [1.82, 2.24) is 0 Å². The van der Waals surface area contributed by atoms with Crippen molar-refractivity contribution in [2.24, 2.45) is 0 Å². The van der Waals surface area contributed by atoms with Crippen molar-refractivity contribution in [2.75, 3.05) is 0 Å². The highest BCUT2D eigenvalue weighted by atomic mass is 35.5. The van der Waals surface area contributed by atoms with Crippen LogP contribution in [0.2, 0.25) is 0 Å². The predicted octanol–water partition coefficient (Wildman–Crippen LogP) is 3.91. The summed E-state index contributed by atoms with van der Waals surface area (Å²) in [5.41, 5.74) is 1.52. The van der Waals surface area contributed by atoms with E-state index in [0.717, 1.165) is 5.56 Å². The summed E-state index contributed by atoms with van der Waals surface area (Å²) in [6.07, 6.45) is 1.92. The van der Waals surface area contributed by atoms with E-state index in [-0.39, 0.29) is 0 Å². The maximum atomic E-state index is 10.9. The van der Waals surface area contributed by atoms with Gasteiger partial charge in [-0.15, -0.1) is 11.6 Å². The van der Waals surface area contributed by atoms with Gasteiger partial charge in [0.15, 0.2) is 0 Å². The molecule has 1 aromatic carbocycles. The molecule has 1 unspecified atom stereocenters. The minimum absolute atomic E-state index is 0.464. The molecule has 1 rings (SSSR count). The maximum Gasteiger partial charge on any atom is 0.252 e. The number of hydrogen-bond donors (Lipinski definition) is 0. The largest absolute Gasteiger partial charge is 0.276 e. The van der Waals surface area contributed by atoms with Gasteiger partial charge in [-0.1, -0.05) is 19.1 Å². The lowest BCUT2D eigenvalue weighted by atomic mass is 9.97. The molecule has 0 saturated carbocycles. The topological polar surface area (TPSA) is 40.9 Å². The molecule has 2 nitrogen and oxygen atoms in total. The molecule has 4 heteroatoms. The Balaban J connectivity index is 2.65. The molecule has 17 heavy (non-hydrogen) atoms. The quantitative estimate of drug-likeness (QED) is 0.601. The van der Waals surface area contributed by atoms with E-state index in [9.17, 15) is 4.79 Å². The number of carbonyl (C=O) groups is 1. The second kappa shape index (κ2) is 6.05. The van der Waals surface area contributed by atoms with Crippen molar-refractivity contribution in [3.63, 3.8) is 0 Å². The van der Waals surface area contributed by atoms with Gasteiger partial charge in [-0.2, -0.15) is 5.26 Å². The molecule has 0 aliphatic rings. The molecule has 0 aliphatic heterocycles. The summed E-state index contributed by atoms with van der Waals surface area (Å²) in [7, 11) is 0. The van der Waals surface area contributed by atoms with Crippen molar-refractivity contribution in [1.29, 1.82) is 5.26 Å². The average molecular weight is 270 g/mol. The van der Waals surface area contributed by atoms with Gasteiger partial charge in [-0.05, 0) is 48.6 Å². The van der Waals surface area contributed by atoms with Crippen LogP contribution in [-0.2, 0) is 6.42 Å². The predicted molar refractivity (Wildman–Crippen MR) is 69.4 cm³/mol. The minimum atomic E-state index is -0.791. The van der Waals surface area contributed by atoms with Crippen molar-refractivity contribution in [2.45, 2.75) is 31.1 Å². The van der Waals surface area contributed by atoms with E-state index in [2.05, 4.69) is 6.07 Å². The van der Waals surface area contributed by atoms with E-state index in [0.29, 0.717) is 24.8 Å². The second-order valence-electron chi connectivity index (χ2n) is 3.90. The van der Waals surface area contributed by atoms with Crippen molar-refractivity contribution >= 4 is 28.4 Å². The normalized spacial score (nSPS) is 13.8. The third kappa shape index (κ3) is 4.03. The summed E-state index contributed by atoms with van der Waals surface area (Å²) < 4.78 is 0. The number of aryl methyl sites for hydroxylation is 1. The van der Waals surface area contributed by atoms with Gasteiger partial charge in [-0.25, -0.2) is 0 Å². The Labute approximate surface area is 111 Å². The number of benzene rings is 1. The number of rotatable bonds is 5. The first-order chi connectivity index (χ1) is 8.00. The lowest BCUT2D eigenvalue weighted by molar-refractivity contribution is 0.108. The smallest absolute Gasteiger partial charge is 0.252 e. The highest BCUT2D eigenvalue weighted by molar-refractivity contribution is 6.67. The third-order valence-electron chi connectivity index (χ3n) is 2.75. The zero-order chi connectivity index (χ0) is 12.9. The molecule has 0 saturated heterocycles. The van der Waals surface area contributed by atoms with E-state index in [4.69, 9.17) is 28.5 Å². The van der Waals surface area contributed by atoms with Gasteiger partial charge in [0.1, 0.15) is 4.87 Å². The first kappa shape index (κ1) is 14.0. The third-order valence-corrected chi connectivity index (χ3v) is 3.51. The Morgan fingerprint density at radius 3 is 2.41 bits per heavy atom. The van der Waals surface area contributed by atoms with E-state index in [1.165, 1.54) is 0 Å². The average Bonchev–Trinajstić information content (AvgIpc) is 2.36. The number of nitrogens with zero attached hydrogens (tertiary/aromatic N) is 1. The van der Waals surface area contributed by atoms with Crippen molar-refractivity contribution in [3.8, 4) is 6.07 Å². The SMILES string of the molecule is CCC(Cl)(C#N)CCc1ccc(C(=O)Cl)cc1. The molecule has 0 aromatic heterocycles. The molecule has 1 aromatic rings. The van der Waals surface area contributed by atoms with Crippen LogP contribution < -0.4 is 0 Å². The van der Waals surface area contributed by atoms with E-state index >= 15 is 0 Å². The van der Waals surface area contributed by atoms with Crippen LogP contribution in [0.5, 0.6) is 0 Å². The van der Waals surface area contributed by atoms with Gasteiger partial charge in [0.25, 0.3) is 5.24 Å². The summed E-state index contributed by atoms with van der Waals surface area (Å²) in [5.74, 6) is 0. The van der Waals surface area contributed by atoms with Crippen molar-refractivity contribution in [3.05, 3.63) is 35.4 Å². The Morgan fingerprint density at radius 2 is 2.00 bits per heavy atom. The van der Waals surface area contributed by atoms with Gasteiger partial charge < -0.3 is 0 Å². The molecular formula is C13H13Cl2NO. The van der Waals surface area contributed by atoms with Crippen LogP contribution in [0.4, 0.5) is 0 Å². The van der Waals surface area contributed by atoms with Crippen LogP contribution in [0.15, 0.2) is 24.3 Å². The van der Waals surface area contributed by atoms with Crippen LogP contribution in [-0.4, -0.2) is 10.1 Å². The molecule has 0 bridgehead atoms. The van der Waals surface area contributed by atoms with Gasteiger partial charge in [0, 0.05) is 5.56 Å². The van der Waals surface area contributed by atoms with Gasteiger partial charge >= 0.3 is 0 Å². The monoisotopic (exact) mass is 269 g/mol.